The first-order valence-electron chi connectivity index (χ1n) is 4.85. The zero-order valence-corrected chi connectivity index (χ0v) is 9.15. The molecule has 0 fully saturated rings. The third-order valence-electron chi connectivity index (χ3n) is 2.40. The monoisotopic (exact) mass is 234 g/mol. The van der Waals surface area contributed by atoms with Crippen LogP contribution >= 0.6 is 8.32 Å². The minimum atomic E-state index is -2.39. The van der Waals surface area contributed by atoms with E-state index in [1.807, 2.05) is 36.4 Å². The molecule has 4 heteroatoms. The molecule has 0 N–H and O–H groups in total. The van der Waals surface area contributed by atoms with E-state index in [-0.39, 0.29) is 0 Å². The highest BCUT2D eigenvalue weighted by atomic mass is 31.1. The number of hydrogen-bond donors (Lipinski definition) is 0. The average Bonchev–Trinajstić information content (AvgIpc) is 2.44. The Labute approximate surface area is 92.0 Å². The van der Waals surface area contributed by atoms with Gasteiger partial charge in [-0.15, -0.1) is 4.20 Å². The predicted molar refractivity (Wildman–Crippen MR) is 62.8 cm³/mol. The Hall–Kier alpha value is -1.73. The summed E-state index contributed by atoms with van der Waals surface area (Å²) in [6, 6.07) is 14.7. The second-order valence-electron chi connectivity index (χ2n) is 3.39. The molecule has 0 atom stereocenters. The minimum Gasteiger partial charge on any atom is -0.396 e. The summed E-state index contributed by atoms with van der Waals surface area (Å²) in [4.78, 5) is 0. The number of rotatable bonds is 0. The van der Waals surface area contributed by atoms with Crippen LogP contribution in [0, 0.1) is 0 Å². The van der Waals surface area contributed by atoms with Gasteiger partial charge in [-0.2, -0.15) is 0 Å². The van der Waals surface area contributed by atoms with Crippen molar-refractivity contribution in [2.75, 3.05) is 0 Å². The first kappa shape index (κ1) is 9.49. The summed E-state index contributed by atoms with van der Waals surface area (Å²) in [6.45, 7) is 0. The van der Waals surface area contributed by atoms with Crippen molar-refractivity contribution in [3.05, 3.63) is 48.5 Å². The highest BCUT2D eigenvalue weighted by Crippen LogP contribution is 2.35. The second kappa shape index (κ2) is 3.69. The third kappa shape index (κ3) is 1.50. The van der Waals surface area contributed by atoms with E-state index in [1.54, 1.807) is 12.1 Å². The van der Waals surface area contributed by atoms with Crippen LogP contribution in [0.1, 0.15) is 0 Å². The third-order valence-corrected chi connectivity index (χ3v) is 3.09. The molecule has 0 amide bonds. The molecular weight excluding hydrogens is 226 g/mol. The van der Waals surface area contributed by atoms with Gasteiger partial charge in [-0.25, -0.2) is 0 Å². The van der Waals surface area contributed by atoms with Crippen molar-refractivity contribution in [2.45, 2.75) is 0 Å². The van der Waals surface area contributed by atoms with E-state index in [0.717, 1.165) is 10.8 Å². The van der Waals surface area contributed by atoms with Gasteiger partial charge in [-0.3, -0.25) is 0 Å². The van der Waals surface area contributed by atoms with Crippen molar-refractivity contribution < 1.29 is 12.6 Å². The smallest absolute Gasteiger partial charge is 0.396 e. The van der Waals surface area contributed by atoms with Gasteiger partial charge < -0.3 is 8.39 Å². The lowest BCUT2D eigenvalue weighted by atomic mass is 10.1. The van der Waals surface area contributed by atoms with Gasteiger partial charge in [-0.05, 0) is 12.1 Å². The predicted octanol–water partition coefficient (Wildman–Crippen LogP) is 5.02. The fourth-order valence-electron chi connectivity index (χ4n) is 1.71. The minimum absolute atomic E-state index is 0.529. The Morgan fingerprint density at radius 3 is 1.69 bits per heavy atom. The summed E-state index contributed by atoms with van der Waals surface area (Å²) in [5.74, 6) is 0. The van der Waals surface area contributed by atoms with Crippen LogP contribution in [-0.4, -0.2) is 0 Å². The average molecular weight is 234 g/mol. The number of fused-ring (bicyclic) bond motifs is 3. The van der Waals surface area contributed by atoms with Crippen LogP contribution < -0.4 is 0 Å². The van der Waals surface area contributed by atoms with Gasteiger partial charge >= 0.3 is 8.32 Å². The van der Waals surface area contributed by atoms with Crippen LogP contribution in [0.15, 0.2) is 56.9 Å². The molecule has 0 bridgehead atoms. The second-order valence-corrected chi connectivity index (χ2v) is 4.18. The summed E-state index contributed by atoms with van der Waals surface area (Å²) in [5, 5.41) is 1.72. The fraction of sp³-hybridized carbons (Fsp3) is 0. The zero-order chi connectivity index (χ0) is 11.0. The summed E-state index contributed by atoms with van der Waals surface area (Å²) in [5.41, 5.74) is 1.06. The first-order chi connectivity index (χ1) is 7.84. The van der Waals surface area contributed by atoms with Crippen LogP contribution in [0.5, 0.6) is 0 Å². The molecule has 1 heterocycles. The molecule has 3 rings (SSSR count). The van der Waals surface area contributed by atoms with Gasteiger partial charge in [0.25, 0.3) is 0 Å². The quantitative estimate of drug-likeness (QED) is 0.545. The molecule has 0 unspecified atom stereocenters. The van der Waals surface area contributed by atoms with Gasteiger partial charge in [0.1, 0.15) is 11.2 Å². The summed E-state index contributed by atoms with van der Waals surface area (Å²) < 4.78 is 23.7. The molecule has 1 aromatic heterocycles. The van der Waals surface area contributed by atoms with Gasteiger partial charge in [0.2, 0.25) is 0 Å². The van der Waals surface area contributed by atoms with Gasteiger partial charge in [0.05, 0.1) is 0 Å². The molecule has 2 nitrogen and oxygen atoms in total. The standard InChI is InChI=1S/C12H8FO2P/c13-16-14-11-7-3-1-5-9(11)10-6-2-4-8-12(10)15-16/h1-8H. The molecule has 0 radical (unpaired) electrons. The van der Waals surface area contributed by atoms with Crippen LogP contribution in [0.2, 0.25) is 0 Å². The van der Waals surface area contributed by atoms with E-state index in [4.69, 9.17) is 8.39 Å². The summed E-state index contributed by atoms with van der Waals surface area (Å²) in [6.07, 6.45) is 0. The van der Waals surface area contributed by atoms with Gasteiger partial charge in [-0.1, -0.05) is 36.4 Å². The Balaban J connectivity index is 2.66. The Morgan fingerprint density at radius 2 is 1.19 bits per heavy atom. The maximum absolute atomic E-state index is 13.4. The SMILES string of the molecule is Fp1oc2ccccc2c2ccccc2o1. The molecular formula is C12H8FO2P. The van der Waals surface area contributed by atoms with Gasteiger partial charge in [0.15, 0.2) is 0 Å². The van der Waals surface area contributed by atoms with Crippen LogP contribution in [0.3, 0.4) is 0 Å². The van der Waals surface area contributed by atoms with Crippen molar-refractivity contribution >= 4 is 30.3 Å². The molecule has 3 aromatic rings. The first-order valence-corrected chi connectivity index (χ1v) is 5.92. The molecule has 16 heavy (non-hydrogen) atoms. The molecule has 0 aliphatic carbocycles. The number of para-hydroxylation sites is 2. The molecule has 0 saturated carbocycles. The zero-order valence-electron chi connectivity index (χ0n) is 8.26. The van der Waals surface area contributed by atoms with E-state index < -0.39 is 8.32 Å². The Kier molecular flexibility index (Phi) is 2.19. The number of halogens is 1. The van der Waals surface area contributed by atoms with E-state index in [2.05, 4.69) is 0 Å². The number of hydrogen-bond acceptors (Lipinski definition) is 2. The highest BCUT2D eigenvalue weighted by molar-refractivity contribution is 7.31. The molecule has 0 spiro atoms. The maximum Gasteiger partial charge on any atom is 0.430 e. The Morgan fingerprint density at radius 1 is 0.750 bits per heavy atom. The molecule has 80 valence electrons. The lowest BCUT2D eigenvalue weighted by Crippen LogP contribution is -1.69. The van der Waals surface area contributed by atoms with Crippen molar-refractivity contribution in [2.24, 2.45) is 0 Å². The largest absolute Gasteiger partial charge is 0.430 e. The molecule has 0 aliphatic heterocycles. The normalized spacial score (nSPS) is 10.8. The number of benzene rings is 2. The van der Waals surface area contributed by atoms with Crippen molar-refractivity contribution in [3.63, 3.8) is 0 Å². The summed E-state index contributed by atoms with van der Waals surface area (Å²) >= 11 is 0. The highest BCUT2D eigenvalue weighted by Gasteiger charge is 2.03. The Bertz CT molecular complexity index is 633. The molecule has 0 aliphatic rings. The van der Waals surface area contributed by atoms with Crippen molar-refractivity contribution in [1.29, 1.82) is 0 Å². The molecule has 0 saturated heterocycles. The fourth-order valence-corrected chi connectivity index (χ4v) is 2.38. The maximum atomic E-state index is 13.4. The lowest BCUT2D eigenvalue weighted by Gasteiger charge is -1.92. The van der Waals surface area contributed by atoms with E-state index in [9.17, 15) is 4.20 Å². The van der Waals surface area contributed by atoms with Crippen LogP contribution in [0.25, 0.3) is 21.9 Å². The van der Waals surface area contributed by atoms with E-state index in [0.29, 0.717) is 11.2 Å². The van der Waals surface area contributed by atoms with Crippen LogP contribution in [-0.2, 0) is 0 Å². The van der Waals surface area contributed by atoms with E-state index in [1.165, 1.54) is 0 Å². The van der Waals surface area contributed by atoms with Crippen LogP contribution in [0.4, 0.5) is 4.20 Å². The van der Waals surface area contributed by atoms with Crippen molar-refractivity contribution in [3.8, 4) is 0 Å². The topological polar surface area (TPSA) is 26.3 Å². The summed E-state index contributed by atoms with van der Waals surface area (Å²) in [7, 11) is -2.39. The van der Waals surface area contributed by atoms with Gasteiger partial charge in [0, 0.05) is 10.8 Å². The van der Waals surface area contributed by atoms with E-state index >= 15 is 0 Å². The molecule has 2 aromatic carbocycles. The lowest BCUT2D eigenvalue weighted by molar-refractivity contribution is 0.582. The van der Waals surface area contributed by atoms with Crippen molar-refractivity contribution in [1.82, 2.24) is 0 Å².